The van der Waals surface area contributed by atoms with Crippen LogP contribution in [0.2, 0.25) is 0 Å². The summed E-state index contributed by atoms with van der Waals surface area (Å²) in [6.07, 6.45) is 3.34. The number of hydrogen-bond donors (Lipinski definition) is 2. The van der Waals surface area contributed by atoms with Crippen molar-refractivity contribution < 1.29 is 9.90 Å². The summed E-state index contributed by atoms with van der Waals surface area (Å²) < 4.78 is 1.65. The largest absolute Gasteiger partial charge is 0.395 e. The third-order valence-electron chi connectivity index (χ3n) is 3.13. The number of aromatic nitrogens is 2. The van der Waals surface area contributed by atoms with Gasteiger partial charge in [0.25, 0.3) is 0 Å². The standard InChI is InChI=1S/C14H26N4O2/c1-4-5-6-7-18(8-9-19)11-14(20)15-13-10-12(2)16-17(13)3/h10,19H,4-9,11H2,1-3H3,(H,15,20). The van der Waals surface area contributed by atoms with Gasteiger partial charge in [-0.05, 0) is 19.9 Å². The average molecular weight is 282 g/mol. The van der Waals surface area contributed by atoms with Gasteiger partial charge >= 0.3 is 0 Å². The van der Waals surface area contributed by atoms with E-state index in [4.69, 9.17) is 5.11 Å². The Morgan fingerprint density at radius 1 is 1.45 bits per heavy atom. The molecule has 1 rings (SSSR count). The fourth-order valence-electron chi connectivity index (χ4n) is 2.11. The molecule has 0 atom stereocenters. The fraction of sp³-hybridized carbons (Fsp3) is 0.714. The van der Waals surface area contributed by atoms with Crippen LogP contribution in [-0.2, 0) is 11.8 Å². The first kappa shape index (κ1) is 16.7. The predicted octanol–water partition coefficient (Wildman–Crippen LogP) is 1.15. The molecule has 0 bridgehead atoms. The smallest absolute Gasteiger partial charge is 0.239 e. The summed E-state index contributed by atoms with van der Waals surface area (Å²) >= 11 is 0. The summed E-state index contributed by atoms with van der Waals surface area (Å²) in [6, 6.07) is 1.84. The van der Waals surface area contributed by atoms with E-state index in [2.05, 4.69) is 17.3 Å². The predicted molar refractivity (Wildman–Crippen MR) is 79.6 cm³/mol. The molecular weight excluding hydrogens is 256 g/mol. The van der Waals surface area contributed by atoms with Crippen LogP contribution in [0.5, 0.6) is 0 Å². The van der Waals surface area contributed by atoms with Crippen molar-refractivity contribution in [2.24, 2.45) is 7.05 Å². The van der Waals surface area contributed by atoms with Crippen LogP contribution in [0.1, 0.15) is 31.9 Å². The number of amides is 1. The van der Waals surface area contributed by atoms with Gasteiger partial charge in [-0.1, -0.05) is 19.8 Å². The molecular formula is C14H26N4O2. The van der Waals surface area contributed by atoms with Gasteiger partial charge in [0.15, 0.2) is 0 Å². The van der Waals surface area contributed by atoms with Gasteiger partial charge in [0, 0.05) is 19.7 Å². The number of nitrogens with zero attached hydrogens (tertiary/aromatic N) is 3. The summed E-state index contributed by atoms with van der Waals surface area (Å²) in [6.45, 7) is 5.78. The molecule has 1 amide bonds. The topological polar surface area (TPSA) is 70.4 Å². The van der Waals surface area contributed by atoms with Crippen molar-refractivity contribution >= 4 is 11.7 Å². The van der Waals surface area contributed by atoms with Gasteiger partial charge in [-0.2, -0.15) is 5.10 Å². The number of aryl methyl sites for hydroxylation is 2. The van der Waals surface area contributed by atoms with Crippen LogP contribution in [0.4, 0.5) is 5.82 Å². The van der Waals surface area contributed by atoms with Crippen molar-refractivity contribution in [2.45, 2.75) is 33.1 Å². The minimum atomic E-state index is -0.0713. The van der Waals surface area contributed by atoms with Crippen molar-refractivity contribution in [1.82, 2.24) is 14.7 Å². The number of rotatable bonds is 9. The number of aliphatic hydroxyl groups is 1. The lowest BCUT2D eigenvalue weighted by atomic mass is 10.2. The molecule has 0 saturated heterocycles. The molecule has 20 heavy (non-hydrogen) atoms. The highest BCUT2D eigenvalue weighted by molar-refractivity contribution is 5.91. The van der Waals surface area contributed by atoms with Gasteiger partial charge in [0.1, 0.15) is 5.82 Å². The Kier molecular flexibility index (Phi) is 7.25. The minimum absolute atomic E-state index is 0.0713. The van der Waals surface area contributed by atoms with Crippen molar-refractivity contribution in [2.75, 3.05) is 31.6 Å². The van der Waals surface area contributed by atoms with Crippen LogP contribution in [0, 0.1) is 6.92 Å². The first-order valence-electron chi connectivity index (χ1n) is 7.20. The van der Waals surface area contributed by atoms with E-state index >= 15 is 0 Å². The molecule has 114 valence electrons. The number of unbranched alkanes of at least 4 members (excludes halogenated alkanes) is 2. The minimum Gasteiger partial charge on any atom is -0.395 e. The molecule has 1 heterocycles. The summed E-state index contributed by atoms with van der Waals surface area (Å²) in [5.41, 5.74) is 0.873. The summed E-state index contributed by atoms with van der Waals surface area (Å²) in [7, 11) is 1.80. The highest BCUT2D eigenvalue weighted by Crippen LogP contribution is 2.08. The third kappa shape index (κ3) is 5.71. The number of nitrogens with one attached hydrogen (secondary N) is 1. The summed E-state index contributed by atoms with van der Waals surface area (Å²) in [5.74, 6) is 0.628. The van der Waals surface area contributed by atoms with E-state index in [1.165, 1.54) is 0 Å². The van der Waals surface area contributed by atoms with E-state index in [-0.39, 0.29) is 12.5 Å². The Hall–Kier alpha value is -1.40. The van der Waals surface area contributed by atoms with Crippen molar-refractivity contribution in [3.05, 3.63) is 11.8 Å². The molecule has 1 aromatic rings. The molecule has 0 aliphatic rings. The number of carbonyl (C=O) groups excluding carboxylic acids is 1. The monoisotopic (exact) mass is 282 g/mol. The summed E-state index contributed by atoms with van der Waals surface area (Å²) in [5, 5.41) is 16.1. The Labute approximate surface area is 120 Å². The van der Waals surface area contributed by atoms with Gasteiger partial charge in [-0.15, -0.1) is 0 Å². The maximum atomic E-state index is 12.0. The van der Waals surface area contributed by atoms with E-state index in [0.717, 1.165) is 31.5 Å². The molecule has 0 fully saturated rings. The van der Waals surface area contributed by atoms with Crippen LogP contribution in [0.3, 0.4) is 0 Å². The first-order chi connectivity index (χ1) is 9.56. The fourth-order valence-corrected chi connectivity index (χ4v) is 2.11. The zero-order valence-electron chi connectivity index (χ0n) is 12.7. The molecule has 0 unspecified atom stereocenters. The molecule has 6 nitrogen and oxygen atoms in total. The van der Waals surface area contributed by atoms with Gasteiger partial charge in [0.2, 0.25) is 5.91 Å². The first-order valence-corrected chi connectivity index (χ1v) is 7.20. The molecule has 0 aliphatic carbocycles. The average Bonchev–Trinajstić information content (AvgIpc) is 2.68. The van der Waals surface area contributed by atoms with Crippen LogP contribution >= 0.6 is 0 Å². The highest BCUT2D eigenvalue weighted by atomic mass is 16.3. The van der Waals surface area contributed by atoms with Crippen LogP contribution in [0.15, 0.2) is 6.07 Å². The van der Waals surface area contributed by atoms with Crippen LogP contribution in [-0.4, -0.2) is 51.9 Å². The number of anilines is 1. The number of carbonyl (C=O) groups is 1. The SMILES string of the molecule is CCCCCN(CCO)CC(=O)Nc1cc(C)nn1C. The zero-order chi connectivity index (χ0) is 15.0. The quantitative estimate of drug-likeness (QED) is 0.667. The normalized spacial score (nSPS) is 11.1. The Morgan fingerprint density at radius 2 is 2.20 bits per heavy atom. The van der Waals surface area contributed by atoms with E-state index < -0.39 is 0 Å². The second-order valence-corrected chi connectivity index (χ2v) is 5.05. The van der Waals surface area contributed by atoms with Crippen molar-refractivity contribution in [3.8, 4) is 0 Å². The maximum Gasteiger partial charge on any atom is 0.239 e. The van der Waals surface area contributed by atoms with E-state index in [1.54, 1.807) is 11.7 Å². The van der Waals surface area contributed by atoms with E-state index in [1.807, 2.05) is 17.9 Å². The number of hydrogen-bond acceptors (Lipinski definition) is 4. The van der Waals surface area contributed by atoms with E-state index in [9.17, 15) is 4.79 Å². The zero-order valence-corrected chi connectivity index (χ0v) is 12.7. The van der Waals surface area contributed by atoms with Crippen LogP contribution < -0.4 is 5.32 Å². The van der Waals surface area contributed by atoms with Gasteiger partial charge in [0.05, 0.1) is 18.8 Å². The molecule has 0 saturated carbocycles. The lowest BCUT2D eigenvalue weighted by Crippen LogP contribution is -2.36. The highest BCUT2D eigenvalue weighted by Gasteiger charge is 2.12. The maximum absolute atomic E-state index is 12.0. The Morgan fingerprint density at radius 3 is 2.75 bits per heavy atom. The van der Waals surface area contributed by atoms with Gasteiger partial charge in [-0.25, -0.2) is 0 Å². The number of aliphatic hydroxyl groups excluding tert-OH is 1. The van der Waals surface area contributed by atoms with Gasteiger partial charge in [-0.3, -0.25) is 14.4 Å². The lowest BCUT2D eigenvalue weighted by Gasteiger charge is -2.20. The summed E-state index contributed by atoms with van der Waals surface area (Å²) in [4.78, 5) is 14.0. The molecule has 1 aromatic heterocycles. The molecule has 0 aromatic carbocycles. The molecule has 2 N–H and O–H groups in total. The molecule has 6 heteroatoms. The second kappa shape index (κ2) is 8.71. The molecule has 0 radical (unpaired) electrons. The van der Waals surface area contributed by atoms with Crippen LogP contribution in [0.25, 0.3) is 0 Å². The molecule has 0 aliphatic heterocycles. The molecule has 0 spiro atoms. The lowest BCUT2D eigenvalue weighted by molar-refractivity contribution is -0.117. The van der Waals surface area contributed by atoms with E-state index in [0.29, 0.717) is 18.9 Å². The van der Waals surface area contributed by atoms with Gasteiger partial charge < -0.3 is 10.4 Å². The van der Waals surface area contributed by atoms with Crippen molar-refractivity contribution in [1.29, 1.82) is 0 Å². The third-order valence-corrected chi connectivity index (χ3v) is 3.13. The van der Waals surface area contributed by atoms with Crippen molar-refractivity contribution in [3.63, 3.8) is 0 Å². The Bertz CT molecular complexity index is 417. The second-order valence-electron chi connectivity index (χ2n) is 5.05. The Balaban J connectivity index is 2.46.